The van der Waals surface area contributed by atoms with Gasteiger partial charge in [0.1, 0.15) is 12.4 Å². The summed E-state index contributed by atoms with van der Waals surface area (Å²) in [6.45, 7) is 7.66. The van der Waals surface area contributed by atoms with Gasteiger partial charge in [-0.1, -0.05) is 41.9 Å². The smallest absolute Gasteiger partial charge is 0.319 e. The van der Waals surface area contributed by atoms with Crippen molar-refractivity contribution in [1.29, 1.82) is 0 Å². The van der Waals surface area contributed by atoms with E-state index in [-0.39, 0.29) is 18.6 Å². The van der Waals surface area contributed by atoms with Crippen LogP contribution in [0.4, 0.5) is 0 Å². The van der Waals surface area contributed by atoms with Crippen molar-refractivity contribution in [2.75, 3.05) is 33.3 Å². The number of carbonyl (C=O) groups excluding carboxylic acids is 1. The van der Waals surface area contributed by atoms with Crippen LogP contribution in [0.2, 0.25) is 5.02 Å². The maximum atomic E-state index is 12.2. The van der Waals surface area contributed by atoms with Gasteiger partial charge in [0.25, 0.3) is 0 Å². The van der Waals surface area contributed by atoms with Crippen LogP contribution in [-0.4, -0.2) is 65.2 Å². The van der Waals surface area contributed by atoms with Crippen molar-refractivity contribution in [2.24, 2.45) is 0 Å². The second-order valence-corrected chi connectivity index (χ2v) is 11.7. The normalized spacial score (nSPS) is 18.1. The number of methoxy groups -OCH3 is 1. The van der Waals surface area contributed by atoms with Gasteiger partial charge < -0.3 is 19.5 Å². The molecule has 5 rings (SSSR count). The zero-order valence-corrected chi connectivity index (χ0v) is 24.7. The number of aliphatic hydroxyl groups is 1. The van der Waals surface area contributed by atoms with Crippen molar-refractivity contribution < 1.29 is 19.4 Å². The first-order valence-corrected chi connectivity index (χ1v) is 14.5. The number of hydrogen-bond acceptors (Lipinski definition) is 7. The molecule has 0 spiro atoms. The Balaban J connectivity index is 1.32. The van der Waals surface area contributed by atoms with E-state index in [0.29, 0.717) is 18.2 Å². The number of carbonyl (C=O) groups is 1. The molecule has 0 bridgehead atoms. The number of rotatable bonds is 9. The van der Waals surface area contributed by atoms with Crippen LogP contribution in [0.25, 0.3) is 5.57 Å². The van der Waals surface area contributed by atoms with Crippen molar-refractivity contribution >= 4 is 23.1 Å². The summed E-state index contributed by atoms with van der Waals surface area (Å²) in [6.07, 6.45) is 5.90. The Hall–Kier alpha value is -3.23. The lowest BCUT2D eigenvalue weighted by Gasteiger charge is -2.28. The van der Waals surface area contributed by atoms with Gasteiger partial charge in [-0.3, -0.25) is 14.7 Å². The number of hydrogen-bond donors (Lipinski definition) is 1. The zero-order chi connectivity index (χ0) is 29.0. The van der Waals surface area contributed by atoms with E-state index in [9.17, 15) is 9.90 Å². The number of aromatic nitrogens is 1. The molecule has 1 aromatic heterocycles. The minimum absolute atomic E-state index is 0.228. The summed E-state index contributed by atoms with van der Waals surface area (Å²) < 4.78 is 11.1. The Kier molecular flexibility index (Phi) is 9.09. The molecule has 3 heterocycles. The van der Waals surface area contributed by atoms with E-state index in [1.807, 2.05) is 48.5 Å². The molecule has 3 aromatic rings. The number of halogens is 1. The molecule has 7 nitrogen and oxygen atoms in total. The third kappa shape index (κ3) is 7.16. The Bertz CT molecular complexity index is 1400. The lowest BCUT2D eigenvalue weighted by Crippen LogP contribution is -2.40. The second kappa shape index (κ2) is 12.7. The molecular weight excluding hydrogens is 538 g/mol. The minimum Gasteiger partial charge on any atom is -0.487 e. The predicted octanol–water partition coefficient (Wildman–Crippen LogP) is 5.43. The summed E-state index contributed by atoms with van der Waals surface area (Å²) in [6, 6.07) is 18.0. The van der Waals surface area contributed by atoms with Crippen molar-refractivity contribution in [1.82, 2.24) is 14.8 Å². The van der Waals surface area contributed by atoms with E-state index in [2.05, 4.69) is 26.9 Å². The fraction of sp³-hybridized carbons (Fsp3) is 0.394. The summed E-state index contributed by atoms with van der Waals surface area (Å²) in [4.78, 5) is 21.5. The molecule has 0 saturated carbocycles. The fourth-order valence-electron chi connectivity index (χ4n) is 5.63. The van der Waals surface area contributed by atoms with Gasteiger partial charge in [-0.15, -0.1) is 0 Å². The Morgan fingerprint density at radius 1 is 1.22 bits per heavy atom. The van der Waals surface area contributed by atoms with Crippen LogP contribution in [0.3, 0.4) is 0 Å². The SMILES string of the molecule is COC(=O)CN(Cc1ccc(Cl)cc1)C1CCN(CC/C=C2\c3cc(C(C)(C)O)ccc3OCc3ncccc32)C1. The highest BCUT2D eigenvalue weighted by Gasteiger charge is 2.29. The van der Waals surface area contributed by atoms with Crippen molar-refractivity contribution in [3.63, 3.8) is 0 Å². The molecule has 216 valence electrons. The molecular formula is C33H38ClN3O4. The summed E-state index contributed by atoms with van der Waals surface area (Å²) in [5.41, 5.74) is 5.02. The average molecular weight is 576 g/mol. The molecule has 0 radical (unpaired) electrons. The lowest BCUT2D eigenvalue weighted by molar-refractivity contribution is -0.142. The maximum Gasteiger partial charge on any atom is 0.319 e. The molecule has 1 N–H and O–H groups in total. The highest BCUT2D eigenvalue weighted by Crippen LogP contribution is 2.38. The molecule has 0 aliphatic carbocycles. The van der Waals surface area contributed by atoms with Gasteiger partial charge in [0.05, 0.1) is 24.9 Å². The summed E-state index contributed by atoms with van der Waals surface area (Å²) in [5.74, 6) is 0.568. The van der Waals surface area contributed by atoms with Crippen LogP contribution < -0.4 is 4.74 Å². The molecule has 41 heavy (non-hydrogen) atoms. The van der Waals surface area contributed by atoms with E-state index in [1.165, 1.54) is 7.11 Å². The Morgan fingerprint density at radius 3 is 2.78 bits per heavy atom. The monoisotopic (exact) mass is 575 g/mol. The largest absolute Gasteiger partial charge is 0.487 e. The number of benzene rings is 2. The van der Waals surface area contributed by atoms with Crippen LogP contribution in [0, 0.1) is 0 Å². The van der Waals surface area contributed by atoms with Gasteiger partial charge >= 0.3 is 5.97 Å². The standard InChI is InChI=1S/C33H38ClN3O4/c1-33(2,39)24-10-13-31-29(18-24)27(28-6-4-15-35-30(28)22-41-31)7-5-16-36-17-14-26(20-36)37(21-32(38)40-3)19-23-8-11-25(34)12-9-23/h4,6-13,15,18,26,39H,5,14,16-17,19-22H2,1-3H3/b27-7-. The van der Waals surface area contributed by atoms with Gasteiger partial charge in [-0.25, -0.2) is 0 Å². The first kappa shape index (κ1) is 29.3. The minimum atomic E-state index is -0.961. The van der Waals surface area contributed by atoms with Gasteiger partial charge in [0.2, 0.25) is 0 Å². The maximum absolute atomic E-state index is 12.2. The van der Waals surface area contributed by atoms with Crippen LogP contribution in [0.5, 0.6) is 5.75 Å². The van der Waals surface area contributed by atoms with Crippen LogP contribution in [-0.2, 0) is 28.3 Å². The van der Waals surface area contributed by atoms with Gasteiger partial charge in [0.15, 0.2) is 0 Å². The molecule has 1 fully saturated rings. The summed E-state index contributed by atoms with van der Waals surface area (Å²) in [7, 11) is 1.44. The third-order valence-corrected chi connectivity index (χ3v) is 8.19. The zero-order valence-electron chi connectivity index (χ0n) is 24.0. The van der Waals surface area contributed by atoms with Crippen LogP contribution in [0.1, 0.15) is 54.6 Å². The Morgan fingerprint density at radius 2 is 2.02 bits per heavy atom. The first-order valence-electron chi connectivity index (χ1n) is 14.1. The van der Waals surface area contributed by atoms with Gasteiger partial charge in [0, 0.05) is 48.0 Å². The molecule has 2 aliphatic heterocycles. The molecule has 2 aliphatic rings. The number of fused-ring (bicyclic) bond motifs is 2. The topological polar surface area (TPSA) is 75.1 Å². The average Bonchev–Trinajstić information content (AvgIpc) is 3.37. The van der Waals surface area contributed by atoms with Gasteiger partial charge in [-0.05, 0) is 80.3 Å². The first-order chi connectivity index (χ1) is 19.7. The molecule has 8 heteroatoms. The van der Waals surface area contributed by atoms with E-state index < -0.39 is 5.60 Å². The van der Waals surface area contributed by atoms with E-state index in [4.69, 9.17) is 21.1 Å². The molecule has 1 saturated heterocycles. The van der Waals surface area contributed by atoms with Crippen molar-refractivity contribution in [3.8, 4) is 5.75 Å². The highest BCUT2D eigenvalue weighted by molar-refractivity contribution is 6.30. The predicted molar refractivity (Wildman–Crippen MR) is 161 cm³/mol. The summed E-state index contributed by atoms with van der Waals surface area (Å²) in [5, 5.41) is 11.4. The number of ether oxygens (including phenoxy) is 2. The van der Waals surface area contributed by atoms with Gasteiger partial charge in [-0.2, -0.15) is 0 Å². The van der Waals surface area contributed by atoms with E-state index in [1.54, 1.807) is 20.0 Å². The van der Waals surface area contributed by atoms with Crippen LogP contribution >= 0.6 is 11.6 Å². The molecule has 1 atom stereocenters. The van der Waals surface area contributed by atoms with Crippen molar-refractivity contribution in [3.05, 3.63) is 99.8 Å². The molecule has 1 unspecified atom stereocenters. The number of nitrogens with zero attached hydrogens (tertiary/aromatic N) is 3. The second-order valence-electron chi connectivity index (χ2n) is 11.3. The molecule has 0 amide bonds. The van der Waals surface area contributed by atoms with E-state index in [0.717, 1.165) is 71.7 Å². The quantitative estimate of drug-likeness (QED) is 0.341. The van der Waals surface area contributed by atoms with E-state index >= 15 is 0 Å². The number of pyridine rings is 1. The lowest BCUT2D eigenvalue weighted by atomic mass is 9.90. The fourth-order valence-corrected chi connectivity index (χ4v) is 5.76. The van der Waals surface area contributed by atoms with Crippen molar-refractivity contribution in [2.45, 2.75) is 51.5 Å². The molecule has 2 aromatic carbocycles. The van der Waals surface area contributed by atoms with Crippen LogP contribution in [0.15, 0.2) is 66.9 Å². The Labute approximate surface area is 247 Å². The number of esters is 1. The third-order valence-electron chi connectivity index (χ3n) is 7.94. The summed E-state index contributed by atoms with van der Waals surface area (Å²) >= 11 is 6.08. The highest BCUT2D eigenvalue weighted by atomic mass is 35.5. The number of likely N-dealkylation sites (tertiary alicyclic amines) is 1.